The van der Waals surface area contributed by atoms with Gasteiger partial charge in [-0.3, -0.25) is 13.9 Å². The van der Waals surface area contributed by atoms with E-state index in [2.05, 4.69) is 0 Å². The molecule has 19 heavy (non-hydrogen) atoms. The zero-order chi connectivity index (χ0) is 13.6. The molecule has 2 aromatic heterocycles. The summed E-state index contributed by atoms with van der Waals surface area (Å²) >= 11 is 1.62. The summed E-state index contributed by atoms with van der Waals surface area (Å²) in [6.07, 6.45) is 5.65. The molecule has 1 saturated carbocycles. The number of carbonyl (C=O) groups is 1. The Bertz CT molecular complexity index is 689. The molecule has 1 fully saturated rings. The van der Waals surface area contributed by atoms with Crippen LogP contribution in [0.3, 0.4) is 0 Å². The van der Waals surface area contributed by atoms with Crippen molar-refractivity contribution >= 4 is 17.1 Å². The Morgan fingerprint density at radius 3 is 2.68 bits per heavy atom. The first-order chi connectivity index (χ1) is 9.06. The lowest BCUT2D eigenvalue weighted by atomic mass is 10.1. The van der Waals surface area contributed by atoms with Gasteiger partial charge >= 0.3 is 5.69 Å². The summed E-state index contributed by atoms with van der Waals surface area (Å²) in [5, 5.41) is 0. The van der Waals surface area contributed by atoms with E-state index in [1.165, 1.54) is 4.57 Å². The molecule has 2 heterocycles. The maximum absolute atomic E-state index is 12.2. The maximum atomic E-state index is 12.2. The monoisotopic (exact) mass is 276 g/mol. The van der Waals surface area contributed by atoms with Gasteiger partial charge in [-0.1, -0.05) is 0 Å². The van der Waals surface area contributed by atoms with E-state index in [0.29, 0.717) is 6.04 Å². The first kappa shape index (κ1) is 12.4. The van der Waals surface area contributed by atoms with Gasteiger partial charge in [0.15, 0.2) is 5.78 Å². The largest absolute Gasteiger partial charge is 0.328 e. The van der Waals surface area contributed by atoms with Crippen molar-refractivity contribution < 1.29 is 4.79 Å². The predicted octanol–water partition coefficient (Wildman–Crippen LogP) is 2.55. The Balaban J connectivity index is 1.83. The molecule has 1 aliphatic rings. The third kappa shape index (κ3) is 2.30. The van der Waals surface area contributed by atoms with Crippen LogP contribution in [-0.2, 0) is 6.54 Å². The highest BCUT2D eigenvalue weighted by molar-refractivity contribution is 7.12. The number of carbonyl (C=O) groups excluding carboxylic acids is 1. The van der Waals surface area contributed by atoms with Crippen molar-refractivity contribution in [2.24, 2.45) is 0 Å². The van der Waals surface area contributed by atoms with Crippen LogP contribution in [0, 0.1) is 13.8 Å². The van der Waals surface area contributed by atoms with Crippen molar-refractivity contribution in [1.82, 2.24) is 9.13 Å². The number of rotatable bonds is 4. The van der Waals surface area contributed by atoms with E-state index < -0.39 is 0 Å². The van der Waals surface area contributed by atoms with Crippen molar-refractivity contribution in [3.63, 3.8) is 0 Å². The molecule has 0 spiro atoms. The average Bonchev–Trinajstić information content (AvgIpc) is 3.05. The van der Waals surface area contributed by atoms with Gasteiger partial charge in [0, 0.05) is 33.8 Å². The Hall–Kier alpha value is -1.62. The van der Waals surface area contributed by atoms with Gasteiger partial charge in [-0.25, -0.2) is 4.79 Å². The van der Waals surface area contributed by atoms with Crippen LogP contribution in [0.1, 0.15) is 39.0 Å². The minimum atomic E-state index is -0.0690. The molecule has 0 aliphatic heterocycles. The second kappa shape index (κ2) is 4.49. The number of aryl methyl sites for hydroxylation is 2. The molecule has 0 amide bonds. The summed E-state index contributed by atoms with van der Waals surface area (Å²) in [5.41, 5.74) is 0.675. The minimum Gasteiger partial charge on any atom is -0.296 e. The molecule has 0 atom stereocenters. The summed E-state index contributed by atoms with van der Waals surface area (Å²) in [6.45, 7) is 4.07. The van der Waals surface area contributed by atoms with E-state index in [9.17, 15) is 9.59 Å². The Kier molecular flexibility index (Phi) is 2.93. The molecule has 0 radical (unpaired) electrons. The molecule has 100 valence electrons. The normalized spacial score (nSPS) is 14.8. The van der Waals surface area contributed by atoms with E-state index in [4.69, 9.17) is 0 Å². The van der Waals surface area contributed by atoms with Crippen molar-refractivity contribution in [3.05, 3.63) is 44.3 Å². The lowest BCUT2D eigenvalue weighted by molar-refractivity contribution is 0.0970. The van der Waals surface area contributed by atoms with Crippen molar-refractivity contribution in [1.29, 1.82) is 0 Å². The predicted molar refractivity (Wildman–Crippen MR) is 75.1 cm³/mol. The van der Waals surface area contributed by atoms with Crippen LogP contribution in [-0.4, -0.2) is 14.9 Å². The second-order valence-electron chi connectivity index (χ2n) is 5.10. The highest BCUT2D eigenvalue weighted by Gasteiger charge is 2.26. The number of ketones is 1. The molecule has 1 aliphatic carbocycles. The van der Waals surface area contributed by atoms with Crippen LogP contribution in [0.25, 0.3) is 0 Å². The van der Waals surface area contributed by atoms with Gasteiger partial charge in [0.2, 0.25) is 0 Å². The molecule has 5 heteroatoms. The summed E-state index contributed by atoms with van der Waals surface area (Å²) in [7, 11) is 0. The summed E-state index contributed by atoms with van der Waals surface area (Å²) in [5.74, 6) is 0.0116. The highest BCUT2D eigenvalue weighted by Crippen LogP contribution is 2.33. The molecular weight excluding hydrogens is 260 g/mol. The molecule has 4 nitrogen and oxygen atoms in total. The van der Waals surface area contributed by atoms with Crippen LogP contribution >= 0.6 is 11.3 Å². The minimum absolute atomic E-state index is 0.0116. The van der Waals surface area contributed by atoms with E-state index >= 15 is 0 Å². The average molecular weight is 276 g/mol. The number of nitrogens with zero attached hydrogens (tertiary/aromatic N) is 2. The number of imidazole rings is 1. The summed E-state index contributed by atoms with van der Waals surface area (Å²) < 4.78 is 3.24. The zero-order valence-electron chi connectivity index (χ0n) is 11.0. The first-order valence-corrected chi connectivity index (χ1v) is 7.25. The van der Waals surface area contributed by atoms with Gasteiger partial charge in [-0.15, -0.1) is 11.3 Å². The SMILES string of the molecule is Cc1cc(C(=O)Cn2ccn(C3CC3)c2=O)c(C)s1. The number of Topliss-reactive ketones (excluding diaryl/α,β-unsaturated/α-hetero) is 1. The third-order valence-electron chi connectivity index (χ3n) is 3.47. The van der Waals surface area contributed by atoms with Crippen molar-refractivity contribution in [2.75, 3.05) is 0 Å². The number of hydrogen-bond donors (Lipinski definition) is 0. The van der Waals surface area contributed by atoms with Crippen LogP contribution < -0.4 is 5.69 Å². The van der Waals surface area contributed by atoms with Gasteiger partial charge in [-0.05, 0) is 32.8 Å². The highest BCUT2D eigenvalue weighted by atomic mass is 32.1. The number of aromatic nitrogens is 2. The topological polar surface area (TPSA) is 44.0 Å². The maximum Gasteiger partial charge on any atom is 0.328 e. The van der Waals surface area contributed by atoms with E-state index in [0.717, 1.165) is 28.2 Å². The Labute approximate surface area is 115 Å². The van der Waals surface area contributed by atoms with Crippen molar-refractivity contribution in [2.45, 2.75) is 39.3 Å². The molecule has 0 unspecified atom stereocenters. The molecule has 0 N–H and O–H groups in total. The van der Waals surface area contributed by atoms with Crippen LogP contribution in [0.15, 0.2) is 23.3 Å². The van der Waals surface area contributed by atoms with Gasteiger partial charge in [0.05, 0.1) is 6.54 Å². The third-order valence-corrected chi connectivity index (χ3v) is 4.44. The first-order valence-electron chi connectivity index (χ1n) is 6.44. The Morgan fingerprint density at radius 2 is 2.11 bits per heavy atom. The molecule has 3 rings (SSSR count). The molecule has 2 aromatic rings. The Morgan fingerprint density at radius 1 is 1.37 bits per heavy atom. The van der Waals surface area contributed by atoms with Crippen LogP contribution in [0.5, 0.6) is 0 Å². The van der Waals surface area contributed by atoms with E-state index in [1.807, 2.05) is 19.9 Å². The van der Waals surface area contributed by atoms with Gasteiger partial charge in [0.25, 0.3) is 0 Å². The van der Waals surface area contributed by atoms with Crippen molar-refractivity contribution in [3.8, 4) is 0 Å². The smallest absolute Gasteiger partial charge is 0.296 e. The zero-order valence-corrected chi connectivity index (χ0v) is 11.9. The lowest BCUT2D eigenvalue weighted by Gasteiger charge is -2.01. The fraction of sp³-hybridized carbons (Fsp3) is 0.429. The number of thiophene rings is 1. The van der Waals surface area contributed by atoms with Crippen LogP contribution in [0.2, 0.25) is 0 Å². The van der Waals surface area contributed by atoms with Gasteiger partial charge < -0.3 is 0 Å². The van der Waals surface area contributed by atoms with Gasteiger partial charge in [0.1, 0.15) is 0 Å². The molecular formula is C14H16N2O2S. The molecule has 0 aromatic carbocycles. The standard InChI is InChI=1S/C14H16N2O2S/c1-9-7-12(10(2)19-9)13(17)8-15-5-6-16(14(15)18)11-3-4-11/h5-7,11H,3-4,8H2,1-2H3. The molecule has 0 saturated heterocycles. The van der Waals surface area contributed by atoms with Crippen LogP contribution in [0.4, 0.5) is 0 Å². The summed E-state index contributed by atoms with van der Waals surface area (Å²) in [4.78, 5) is 26.5. The fourth-order valence-electron chi connectivity index (χ4n) is 2.33. The lowest BCUT2D eigenvalue weighted by Crippen LogP contribution is -2.26. The van der Waals surface area contributed by atoms with Gasteiger partial charge in [-0.2, -0.15) is 0 Å². The summed E-state index contributed by atoms with van der Waals surface area (Å²) in [6, 6.07) is 2.26. The number of hydrogen-bond acceptors (Lipinski definition) is 3. The molecule has 0 bridgehead atoms. The van der Waals surface area contributed by atoms with E-state index in [-0.39, 0.29) is 18.0 Å². The second-order valence-corrected chi connectivity index (χ2v) is 6.56. The quantitative estimate of drug-likeness (QED) is 0.805. The van der Waals surface area contributed by atoms with E-state index in [1.54, 1.807) is 28.3 Å². The fourth-order valence-corrected chi connectivity index (χ4v) is 3.27.